The van der Waals surface area contributed by atoms with E-state index in [1.54, 1.807) is 32.2 Å². The molecular weight excluding hydrogens is 331 g/mol. The van der Waals surface area contributed by atoms with Crippen molar-refractivity contribution in [3.8, 4) is 11.8 Å². The van der Waals surface area contributed by atoms with Gasteiger partial charge in [0.2, 0.25) is 0 Å². The van der Waals surface area contributed by atoms with Crippen LogP contribution in [-0.2, 0) is 11.3 Å². The third kappa shape index (κ3) is 4.46. The average Bonchev–Trinajstić information content (AvgIpc) is 2.96. The Morgan fingerprint density at radius 1 is 1.33 bits per heavy atom. The maximum Gasteiger partial charge on any atom is 0.192 e. The lowest BCUT2D eigenvalue weighted by molar-refractivity contribution is 0.154. The Kier molecular flexibility index (Phi) is 6.58. The van der Waals surface area contributed by atoms with Crippen molar-refractivity contribution in [1.82, 2.24) is 14.8 Å². The third-order valence-electron chi connectivity index (χ3n) is 3.24. The van der Waals surface area contributed by atoms with Crippen LogP contribution in [0.15, 0.2) is 29.4 Å². The maximum absolute atomic E-state index is 13.7. The summed E-state index contributed by atoms with van der Waals surface area (Å²) in [6.07, 6.45) is 0. The van der Waals surface area contributed by atoms with E-state index < -0.39 is 5.82 Å². The van der Waals surface area contributed by atoms with E-state index in [4.69, 9.17) is 14.7 Å². The van der Waals surface area contributed by atoms with E-state index in [-0.39, 0.29) is 23.6 Å². The standard InChI is InChI=1S/C16H19FN4O2S/c1-11(9-22-3)21-15(19-20-16(21)24-12(2)8-18)10-23-14-7-5-4-6-13(14)17/h4-7,11-12H,9-10H2,1-3H3/t11-,12-/m0/s1. The van der Waals surface area contributed by atoms with Crippen LogP contribution in [0.1, 0.15) is 25.7 Å². The van der Waals surface area contributed by atoms with Gasteiger partial charge in [-0.15, -0.1) is 10.2 Å². The summed E-state index contributed by atoms with van der Waals surface area (Å²) in [5, 5.41) is 17.6. The molecule has 1 aromatic heterocycles. The Labute approximate surface area is 144 Å². The van der Waals surface area contributed by atoms with E-state index >= 15 is 0 Å². The normalized spacial score (nSPS) is 13.3. The van der Waals surface area contributed by atoms with Gasteiger partial charge >= 0.3 is 0 Å². The highest BCUT2D eigenvalue weighted by Crippen LogP contribution is 2.26. The number of para-hydroxylation sites is 1. The van der Waals surface area contributed by atoms with Gasteiger partial charge in [0, 0.05) is 7.11 Å². The molecule has 1 heterocycles. The van der Waals surface area contributed by atoms with Crippen molar-refractivity contribution in [2.24, 2.45) is 0 Å². The van der Waals surface area contributed by atoms with Crippen molar-refractivity contribution in [1.29, 1.82) is 5.26 Å². The fraction of sp³-hybridized carbons (Fsp3) is 0.438. The van der Waals surface area contributed by atoms with Gasteiger partial charge in [-0.25, -0.2) is 4.39 Å². The lowest BCUT2D eigenvalue weighted by Gasteiger charge is -2.17. The number of thioether (sulfide) groups is 1. The molecule has 0 N–H and O–H groups in total. The van der Waals surface area contributed by atoms with Gasteiger partial charge in [0.1, 0.15) is 6.61 Å². The number of methoxy groups -OCH3 is 1. The van der Waals surface area contributed by atoms with Crippen molar-refractivity contribution < 1.29 is 13.9 Å². The first kappa shape index (κ1) is 18.2. The average molecular weight is 350 g/mol. The van der Waals surface area contributed by atoms with Crippen molar-refractivity contribution in [2.45, 2.75) is 36.9 Å². The summed E-state index contributed by atoms with van der Waals surface area (Å²) in [4.78, 5) is 0. The van der Waals surface area contributed by atoms with Crippen LogP contribution in [-0.4, -0.2) is 33.7 Å². The molecule has 0 spiro atoms. The number of hydrogen-bond donors (Lipinski definition) is 0. The number of nitriles is 1. The first-order valence-corrected chi connectivity index (χ1v) is 8.31. The second kappa shape index (κ2) is 8.66. The molecule has 8 heteroatoms. The Morgan fingerprint density at radius 2 is 2.08 bits per heavy atom. The monoisotopic (exact) mass is 350 g/mol. The minimum absolute atomic E-state index is 0.0439. The molecule has 2 atom stereocenters. The number of ether oxygens (including phenoxy) is 2. The lowest BCUT2D eigenvalue weighted by atomic mass is 10.3. The second-order valence-corrected chi connectivity index (χ2v) is 6.49. The molecule has 24 heavy (non-hydrogen) atoms. The van der Waals surface area contributed by atoms with Gasteiger partial charge in [-0.3, -0.25) is 4.57 Å². The van der Waals surface area contributed by atoms with E-state index in [2.05, 4.69) is 16.3 Å². The topological polar surface area (TPSA) is 73.0 Å². The molecule has 2 aromatic rings. The number of halogens is 1. The summed E-state index contributed by atoms with van der Waals surface area (Å²) in [6, 6.07) is 8.31. The van der Waals surface area contributed by atoms with Crippen molar-refractivity contribution in [3.63, 3.8) is 0 Å². The Hall–Kier alpha value is -2.11. The predicted molar refractivity (Wildman–Crippen MR) is 88.3 cm³/mol. The molecule has 6 nitrogen and oxygen atoms in total. The van der Waals surface area contributed by atoms with Gasteiger partial charge in [0.15, 0.2) is 22.5 Å². The SMILES string of the molecule is COC[C@H](C)n1c(COc2ccccc2F)nnc1S[C@@H](C)C#N. The van der Waals surface area contributed by atoms with E-state index in [9.17, 15) is 4.39 Å². The van der Waals surface area contributed by atoms with Crippen LogP contribution >= 0.6 is 11.8 Å². The van der Waals surface area contributed by atoms with Crippen LogP contribution in [0, 0.1) is 17.1 Å². The molecule has 0 bridgehead atoms. The first-order chi connectivity index (χ1) is 11.6. The van der Waals surface area contributed by atoms with Crippen LogP contribution in [0.2, 0.25) is 0 Å². The van der Waals surface area contributed by atoms with Crippen molar-refractivity contribution in [2.75, 3.05) is 13.7 Å². The minimum atomic E-state index is -0.429. The van der Waals surface area contributed by atoms with Gasteiger partial charge in [-0.2, -0.15) is 5.26 Å². The van der Waals surface area contributed by atoms with Gasteiger partial charge in [-0.1, -0.05) is 23.9 Å². The summed E-state index contributed by atoms with van der Waals surface area (Å²) < 4.78 is 26.3. The molecule has 0 saturated carbocycles. The summed E-state index contributed by atoms with van der Waals surface area (Å²) in [7, 11) is 1.61. The molecule has 0 saturated heterocycles. The molecule has 0 amide bonds. The highest BCUT2D eigenvalue weighted by molar-refractivity contribution is 8.00. The largest absolute Gasteiger partial charge is 0.483 e. The molecule has 128 valence electrons. The fourth-order valence-corrected chi connectivity index (χ4v) is 2.99. The van der Waals surface area contributed by atoms with Crippen LogP contribution in [0.4, 0.5) is 4.39 Å². The zero-order chi connectivity index (χ0) is 17.5. The smallest absolute Gasteiger partial charge is 0.192 e. The van der Waals surface area contributed by atoms with E-state index in [1.165, 1.54) is 17.8 Å². The zero-order valence-electron chi connectivity index (χ0n) is 13.8. The van der Waals surface area contributed by atoms with Gasteiger partial charge in [0.25, 0.3) is 0 Å². The number of aromatic nitrogens is 3. The Morgan fingerprint density at radius 3 is 2.75 bits per heavy atom. The quantitative estimate of drug-likeness (QED) is 0.681. The van der Waals surface area contributed by atoms with Crippen molar-refractivity contribution in [3.05, 3.63) is 35.9 Å². The summed E-state index contributed by atoms with van der Waals surface area (Å²) in [5.41, 5.74) is 0. The number of benzene rings is 1. The van der Waals surface area contributed by atoms with Crippen LogP contribution < -0.4 is 4.74 Å². The molecule has 0 aliphatic heterocycles. The lowest BCUT2D eigenvalue weighted by Crippen LogP contribution is -2.17. The Bertz CT molecular complexity index is 716. The molecule has 0 radical (unpaired) electrons. The molecule has 1 aromatic carbocycles. The zero-order valence-corrected chi connectivity index (χ0v) is 14.6. The molecular formula is C16H19FN4O2S. The number of hydrogen-bond acceptors (Lipinski definition) is 6. The molecule has 0 aliphatic rings. The summed E-state index contributed by atoms with van der Waals surface area (Å²) in [5.74, 6) is 0.280. The highest BCUT2D eigenvalue weighted by Gasteiger charge is 2.20. The minimum Gasteiger partial charge on any atom is -0.483 e. The number of rotatable bonds is 8. The van der Waals surface area contributed by atoms with Crippen LogP contribution in [0.25, 0.3) is 0 Å². The molecule has 0 unspecified atom stereocenters. The summed E-state index contributed by atoms with van der Waals surface area (Å²) >= 11 is 1.31. The van der Waals surface area contributed by atoms with E-state index in [1.807, 2.05) is 11.5 Å². The van der Waals surface area contributed by atoms with Crippen LogP contribution in [0.5, 0.6) is 5.75 Å². The van der Waals surface area contributed by atoms with Gasteiger partial charge in [0.05, 0.1) is 24.0 Å². The van der Waals surface area contributed by atoms with Gasteiger partial charge in [-0.05, 0) is 26.0 Å². The highest BCUT2D eigenvalue weighted by atomic mass is 32.2. The third-order valence-corrected chi connectivity index (χ3v) is 4.19. The molecule has 0 fully saturated rings. The molecule has 2 rings (SSSR count). The van der Waals surface area contributed by atoms with Gasteiger partial charge < -0.3 is 9.47 Å². The fourth-order valence-electron chi connectivity index (χ4n) is 2.13. The summed E-state index contributed by atoms with van der Waals surface area (Å²) in [6.45, 7) is 4.28. The van der Waals surface area contributed by atoms with Crippen molar-refractivity contribution >= 4 is 11.8 Å². The Balaban J connectivity index is 2.22. The maximum atomic E-state index is 13.7. The second-order valence-electron chi connectivity index (χ2n) is 5.18. The van der Waals surface area contributed by atoms with E-state index in [0.717, 1.165) is 0 Å². The van der Waals surface area contributed by atoms with E-state index in [0.29, 0.717) is 17.6 Å². The molecule has 0 aliphatic carbocycles. The first-order valence-electron chi connectivity index (χ1n) is 7.43. The number of nitrogens with zero attached hydrogens (tertiary/aromatic N) is 4. The predicted octanol–water partition coefficient (Wildman–Crippen LogP) is 3.21. The van der Waals surface area contributed by atoms with Crippen LogP contribution in [0.3, 0.4) is 0 Å².